The van der Waals surface area contributed by atoms with E-state index < -0.39 is 11.8 Å². The van der Waals surface area contributed by atoms with E-state index in [0.717, 1.165) is 11.1 Å². The van der Waals surface area contributed by atoms with Crippen molar-refractivity contribution in [2.45, 2.75) is 25.6 Å². The van der Waals surface area contributed by atoms with Gasteiger partial charge in [-0.05, 0) is 57.6 Å². The summed E-state index contributed by atoms with van der Waals surface area (Å²) in [7, 11) is 8.02. The van der Waals surface area contributed by atoms with Crippen LogP contribution in [0.1, 0.15) is 29.8 Å². The summed E-state index contributed by atoms with van der Waals surface area (Å²) in [5, 5.41) is 0. The standard InChI is InChI=1S/C15H13BO2.C5H11N/c1-11-7-9-13(10-8-11)18-15(17)14(16)12-5-3-2-4-6-12;1-6-4-2-3-5-6/h2-10,14H,1H3;2-5H2,1H3/t14-;/m1./s1. The van der Waals surface area contributed by atoms with E-state index in [4.69, 9.17) is 12.6 Å². The topological polar surface area (TPSA) is 29.5 Å². The fourth-order valence-corrected chi connectivity index (χ4v) is 2.46. The van der Waals surface area contributed by atoms with Crippen molar-refractivity contribution in [3.63, 3.8) is 0 Å². The van der Waals surface area contributed by atoms with Gasteiger partial charge in [0, 0.05) is 5.82 Å². The number of likely N-dealkylation sites (tertiary alicyclic amines) is 1. The zero-order valence-corrected chi connectivity index (χ0v) is 14.4. The van der Waals surface area contributed by atoms with Crippen molar-refractivity contribution >= 4 is 13.8 Å². The largest absolute Gasteiger partial charge is 0.427 e. The molecule has 2 aromatic rings. The summed E-state index contributed by atoms with van der Waals surface area (Å²) in [5.74, 6) is -0.700. The van der Waals surface area contributed by atoms with Crippen molar-refractivity contribution in [3.05, 3.63) is 65.7 Å². The zero-order valence-electron chi connectivity index (χ0n) is 14.4. The van der Waals surface area contributed by atoms with Crippen LogP contribution < -0.4 is 4.74 Å². The summed E-state index contributed by atoms with van der Waals surface area (Å²) in [4.78, 5) is 14.2. The van der Waals surface area contributed by atoms with E-state index in [1.807, 2.05) is 37.3 Å². The number of esters is 1. The van der Waals surface area contributed by atoms with E-state index in [9.17, 15) is 4.79 Å². The van der Waals surface area contributed by atoms with Crippen LogP contribution in [-0.2, 0) is 4.79 Å². The van der Waals surface area contributed by atoms with Crippen LogP contribution in [0, 0.1) is 6.92 Å². The first-order valence-electron chi connectivity index (χ1n) is 8.33. The van der Waals surface area contributed by atoms with E-state index in [2.05, 4.69) is 11.9 Å². The van der Waals surface area contributed by atoms with Crippen LogP contribution in [0.15, 0.2) is 54.6 Å². The lowest BCUT2D eigenvalue weighted by Gasteiger charge is -2.11. The molecular weight excluding hydrogens is 297 g/mol. The molecule has 1 saturated heterocycles. The molecule has 4 heteroatoms. The molecule has 2 radical (unpaired) electrons. The minimum absolute atomic E-state index is 0.454. The number of carbonyl (C=O) groups excluding carboxylic acids is 1. The van der Waals surface area contributed by atoms with Gasteiger partial charge in [-0.15, -0.1) is 0 Å². The van der Waals surface area contributed by atoms with E-state index in [-0.39, 0.29) is 0 Å². The van der Waals surface area contributed by atoms with E-state index in [1.54, 1.807) is 24.3 Å². The highest BCUT2D eigenvalue weighted by Gasteiger charge is 2.16. The predicted octanol–water partition coefficient (Wildman–Crippen LogP) is 3.52. The van der Waals surface area contributed by atoms with Gasteiger partial charge in [0.05, 0.1) is 7.85 Å². The number of nitrogens with zero attached hydrogens (tertiary/aromatic N) is 1. The Morgan fingerprint density at radius 3 is 2.12 bits per heavy atom. The number of hydrogen-bond donors (Lipinski definition) is 0. The Morgan fingerprint density at radius 2 is 1.62 bits per heavy atom. The minimum atomic E-state index is -0.757. The van der Waals surface area contributed by atoms with Crippen LogP contribution in [0.5, 0.6) is 5.75 Å². The molecule has 3 nitrogen and oxygen atoms in total. The Bertz CT molecular complexity index is 622. The number of ether oxygens (including phenoxy) is 1. The molecule has 0 amide bonds. The summed E-state index contributed by atoms with van der Waals surface area (Å²) in [6, 6.07) is 16.5. The van der Waals surface area contributed by atoms with Crippen molar-refractivity contribution in [2.75, 3.05) is 20.1 Å². The Balaban J connectivity index is 0.000000292. The van der Waals surface area contributed by atoms with Crippen LogP contribution >= 0.6 is 0 Å². The molecule has 3 rings (SSSR count). The molecule has 24 heavy (non-hydrogen) atoms. The maximum atomic E-state index is 11.9. The van der Waals surface area contributed by atoms with Gasteiger partial charge in [-0.25, -0.2) is 0 Å². The fourth-order valence-electron chi connectivity index (χ4n) is 2.46. The Morgan fingerprint density at radius 1 is 1.04 bits per heavy atom. The van der Waals surface area contributed by atoms with Gasteiger partial charge in [-0.2, -0.15) is 0 Å². The van der Waals surface area contributed by atoms with Crippen LogP contribution in [0.2, 0.25) is 0 Å². The number of carbonyl (C=O) groups is 1. The lowest BCUT2D eigenvalue weighted by atomic mass is 9.81. The van der Waals surface area contributed by atoms with Crippen molar-refractivity contribution in [1.29, 1.82) is 0 Å². The molecule has 0 saturated carbocycles. The molecule has 0 unspecified atom stereocenters. The van der Waals surface area contributed by atoms with Gasteiger partial charge in [0.15, 0.2) is 0 Å². The Hall–Kier alpha value is -2.07. The third-order valence-electron chi connectivity index (χ3n) is 3.98. The lowest BCUT2D eigenvalue weighted by molar-refractivity contribution is -0.134. The number of benzene rings is 2. The minimum Gasteiger partial charge on any atom is -0.427 e. The number of aryl methyl sites for hydroxylation is 1. The van der Waals surface area contributed by atoms with Gasteiger partial charge in [0.25, 0.3) is 0 Å². The first kappa shape index (κ1) is 18.3. The van der Waals surface area contributed by atoms with Crippen LogP contribution in [0.3, 0.4) is 0 Å². The molecule has 0 N–H and O–H groups in total. The highest BCUT2D eigenvalue weighted by atomic mass is 16.5. The molecule has 0 aliphatic carbocycles. The first-order valence-corrected chi connectivity index (χ1v) is 8.33. The predicted molar refractivity (Wildman–Crippen MR) is 98.5 cm³/mol. The van der Waals surface area contributed by atoms with Gasteiger partial charge in [-0.1, -0.05) is 48.0 Å². The average Bonchev–Trinajstić information content (AvgIpc) is 3.08. The third kappa shape index (κ3) is 5.86. The summed E-state index contributed by atoms with van der Waals surface area (Å²) in [6.45, 7) is 4.61. The summed E-state index contributed by atoms with van der Waals surface area (Å²) in [5.41, 5.74) is 1.86. The van der Waals surface area contributed by atoms with E-state index in [0.29, 0.717) is 5.75 Å². The highest BCUT2D eigenvalue weighted by Crippen LogP contribution is 2.17. The van der Waals surface area contributed by atoms with Gasteiger partial charge in [-0.3, -0.25) is 4.79 Å². The smallest absolute Gasteiger partial charge is 0.309 e. The maximum absolute atomic E-state index is 11.9. The van der Waals surface area contributed by atoms with Crippen molar-refractivity contribution in [2.24, 2.45) is 0 Å². The highest BCUT2D eigenvalue weighted by molar-refractivity contribution is 6.23. The second-order valence-corrected chi connectivity index (χ2v) is 6.13. The molecule has 2 aromatic carbocycles. The van der Waals surface area contributed by atoms with Crippen LogP contribution in [0.25, 0.3) is 0 Å². The molecule has 0 bridgehead atoms. The molecule has 1 heterocycles. The Labute approximate surface area is 146 Å². The molecular formula is C20H24BNO2. The van der Waals surface area contributed by atoms with Gasteiger partial charge < -0.3 is 9.64 Å². The number of hydrogen-bond acceptors (Lipinski definition) is 3. The molecule has 1 aliphatic rings. The van der Waals surface area contributed by atoms with Gasteiger partial charge in [0.1, 0.15) is 5.75 Å². The second-order valence-electron chi connectivity index (χ2n) is 6.13. The summed E-state index contributed by atoms with van der Waals surface area (Å²) < 4.78 is 5.22. The molecule has 1 aliphatic heterocycles. The first-order chi connectivity index (χ1) is 11.6. The molecule has 0 spiro atoms. The number of rotatable bonds is 3. The maximum Gasteiger partial charge on any atom is 0.309 e. The third-order valence-corrected chi connectivity index (χ3v) is 3.98. The molecule has 124 valence electrons. The summed E-state index contributed by atoms with van der Waals surface area (Å²) >= 11 is 0. The van der Waals surface area contributed by atoms with Crippen molar-refractivity contribution in [3.8, 4) is 5.75 Å². The normalized spacial score (nSPS) is 15.2. The van der Waals surface area contributed by atoms with Crippen molar-refractivity contribution < 1.29 is 9.53 Å². The molecule has 1 fully saturated rings. The summed E-state index contributed by atoms with van der Waals surface area (Å²) in [6.07, 6.45) is 2.83. The van der Waals surface area contributed by atoms with Crippen LogP contribution in [-0.4, -0.2) is 38.9 Å². The van der Waals surface area contributed by atoms with E-state index in [1.165, 1.54) is 25.9 Å². The average molecular weight is 321 g/mol. The quantitative estimate of drug-likeness (QED) is 0.492. The zero-order chi connectivity index (χ0) is 17.4. The molecule has 0 aromatic heterocycles. The second kappa shape index (κ2) is 9.28. The molecule has 1 atom stereocenters. The van der Waals surface area contributed by atoms with E-state index >= 15 is 0 Å². The monoisotopic (exact) mass is 321 g/mol. The van der Waals surface area contributed by atoms with Crippen molar-refractivity contribution in [1.82, 2.24) is 4.90 Å². The lowest BCUT2D eigenvalue weighted by Crippen LogP contribution is -2.18. The SMILES string of the molecule is CN1CCCC1.[B][C@@H](C(=O)Oc1ccc(C)cc1)c1ccccc1. The Kier molecular flexibility index (Phi) is 7.07. The van der Waals surface area contributed by atoms with Gasteiger partial charge in [0.2, 0.25) is 0 Å². The van der Waals surface area contributed by atoms with Gasteiger partial charge >= 0.3 is 5.97 Å². The fraction of sp³-hybridized carbons (Fsp3) is 0.350. The van der Waals surface area contributed by atoms with Crippen LogP contribution in [0.4, 0.5) is 0 Å².